The average Bonchev–Trinajstić information content (AvgIpc) is 2.29. The van der Waals surface area contributed by atoms with Crippen LogP contribution in [-0.2, 0) is 9.78 Å². The monoisotopic (exact) mass is 257 g/mol. The Morgan fingerprint density at radius 1 is 0.944 bits per heavy atom. The van der Waals surface area contributed by atoms with Gasteiger partial charge < -0.3 is 0 Å². The summed E-state index contributed by atoms with van der Waals surface area (Å²) in [4.78, 5) is 10.9. The third-order valence-corrected chi connectivity index (χ3v) is 2.84. The maximum absolute atomic E-state index is 5.53. The molecule has 0 saturated heterocycles. The smallest absolute Gasteiger partial charge is 0.0952 e. The van der Waals surface area contributed by atoms with Crippen LogP contribution in [0, 0.1) is 6.92 Å². The Morgan fingerprint density at radius 3 is 2.11 bits per heavy atom. The van der Waals surface area contributed by atoms with Crippen LogP contribution in [0.4, 0.5) is 0 Å². The highest BCUT2D eigenvalue weighted by atomic mass is 17.2. The van der Waals surface area contributed by atoms with Crippen molar-refractivity contribution < 1.29 is 9.78 Å². The van der Waals surface area contributed by atoms with E-state index in [0.717, 1.165) is 19.3 Å². The second-order valence-corrected chi connectivity index (χ2v) is 6.11. The molecule has 2 heteroatoms. The van der Waals surface area contributed by atoms with Crippen molar-refractivity contribution in [1.82, 2.24) is 0 Å². The first-order valence-electron chi connectivity index (χ1n) is 7.63. The summed E-state index contributed by atoms with van der Waals surface area (Å²) in [5.74, 6) is 0. The number of rotatable bonds is 11. The predicted molar refractivity (Wildman–Crippen MR) is 78.3 cm³/mol. The fraction of sp³-hybridized carbons (Fsp3) is 0.938. The van der Waals surface area contributed by atoms with E-state index in [9.17, 15) is 0 Å². The highest BCUT2D eigenvalue weighted by Gasteiger charge is 2.16. The molecule has 1 atom stereocenters. The molecule has 2 nitrogen and oxygen atoms in total. The van der Waals surface area contributed by atoms with Crippen LogP contribution in [0.3, 0.4) is 0 Å². The van der Waals surface area contributed by atoms with Gasteiger partial charge in [-0.25, -0.2) is 9.78 Å². The first kappa shape index (κ1) is 17.9. The highest BCUT2D eigenvalue weighted by molar-refractivity contribution is 4.60. The van der Waals surface area contributed by atoms with Crippen molar-refractivity contribution >= 4 is 0 Å². The summed E-state index contributed by atoms with van der Waals surface area (Å²) in [5.41, 5.74) is -0.222. The molecular formula is C16H33O2. The lowest BCUT2D eigenvalue weighted by atomic mass is 10.0. The second kappa shape index (κ2) is 10.8. The van der Waals surface area contributed by atoms with E-state index in [1.54, 1.807) is 0 Å². The standard InChI is InChI=1S/C16H33O2/c1-6-8-9-10-11-12-14-15(13-7-2)17-18-16(3,4)5/h15H,2,6-14H2,1,3-5H3. The molecule has 0 heterocycles. The Morgan fingerprint density at radius 2 is 1.56 bits per heavy atom. The van der Waals surface area contributed by atoms with Gasteiger partial charge in [0.05, 0.1) is 11.7 Å². The van der Waals surface area contributed by atoms with Crippen LogP contribution in [0.2, 0.25) is 0 Å². The zero-order valence-electron chi connectivity index (χ0n) is 13.0. The molecule has 109 valence electrons. The van der Waals surface area contributed by atoms with Crippen LogP contribution in [0.15, 0.2) is 0 Å². The number of hydrogen-bond acceptors (Lipinski definition) is 2. The first-order chi connectivity index (χ1) is 8.49. The van der Waals surface area contributed by atoms with E-state index in [-0.39, 0.29) is 11.7 Å². The molecule has 1 unspecified atom stereocenters. The summed E-state index contributed by atoms with van der Waals surface area (Å²) in [6, 6.07) is 0. The van der Waals surface area contributed by atoms with Crippen LogP contribution < -0.4 is 0 Å². The molecule has 0 amide bonds. The van der Waals surface area contributed by atoms with Gasteiger partial charge in [0.25, 0.3) is 0 Å². The Labute approximate surface area is 114 Å². The van der Waals surface area contributed by atoms with Gasteiger partial charge in [-0.15, -0.1) is 0 Å². The molecule has 0 fully saturated rings. The second-order valence-electron chi connectivity index (χ2n) is 6.11. The van der Waals surface area contributed by atoms with Crippen LogP contribution in [-0.4, -0.2) is 11.7 Å². The highest BCUT2D eigenvalue weighted by Crippen LogP contribution is 2.17. The fourth-order valence-electron chi connectivity index (χ4n) is 1.83. The van der Waals surface area contributed by atoms with Gasteiger partial charge in [-0.3, -0.25) is 0 Å². The van der Waals surface area contributed by atoms with Crippen molar-refractivity contribution in [2.24, 2.45) is 0 Å². The van der Waals surface area contributed by atoms with Crippen molar-refractivity contribution in [2.45, 2.75) is 97.2 Å². The Balaban J connectivity index is 3.63. The van der Waals surface area contributed by atoms with Gasteiger partial charge >= 0.3 is 0 Å². The molecular weight excluding hydrogens is 224 g/mol. The van der Waals surface area contributed by atoms with Gasteiger partial charge in [-0.05, 0) is 33.6 Å². The minimum atomic E-state index is -0.222. The van der Waals surface area contributed by atoms with Crippen molar-refractivity contribution in [3.05, 3.63) is 6.92 Å². The first-order valence-corrected chi connectivity index (χ1v) is 7.63. The van der Waals surface area contributed by atoms with Crippen molar-refractivity contribution in [3.8, 4) is 0 Å². The molecule has 0 N–H and O–H groups in total. The van der Waals surface area contributed by atoms with Crippen LogP contribution in [0.1, 0.15) is 85.5 Å². The lowest BCUT2D eigenvalue weighted by Gasteiger charge is -2.23. The maximum atomic E-state index is 5.53. The van der Waals surface area contributed by atoms with Crippen molar-refractivity contribution in [1.29, 1.82) is 0 Å². The van der Waals surface area contributed by atoms with Gasteiger partial charge in [0, 0.05) is 0 Å². The van der Waals surface area contributed by atoms with Crippen LogP contribution in [0.25, 0.3) is 0 Å². The van der Waals surface area contributed by atoms with Crippen molar-refractivity contribution in [3.63, 3.8) is 0 Å². The summed E-state index contributed by atoms with van der Waals surface area (Å²) in [7, 11) is 0. The lowest BCUT2D eigenvalue weighted by molar-refractivity contribution is -0.374. The van der Waals surface area contributed by atoms with E-state index in [1.165, 1.54) is 38.5 Å². The summed E-state index contributed by atoms with van der Waals surface area (Å²) in [5, 5.41) is 0. The summed E-state index contributed by atoms with van der Waals surface area (Å²) in [6.07, 6.45) is 11.2. The Bertz CT molecular complexity index is 172. The molecule has 0 spiro atoms. The minimum absolute atomic E-state index is 0.216. The average molecular weight is 257 g/mol. The van der Waals surface area contributed by atoms with Gasteiger partial charge in [0.1, 0.15) is 0 Å². The SMILES string of the molecule is [CH2]CCC(CCCCCCCC)OOC(C)(C)C. The molecule has 0 aliphatic carbocycles. The third kappa shape index (κ3) is 12.4. The zero-order chi connectivity index (χ0) is 13.9. The minimum Gasteiger partial charge on any atom is -0.233 e. The van der Waals surface area contributed by atoms with Crippen LogP contribution >= 0.6 is 0 Å². The molecule has 0 aliphatic heterocycles. The summed E-state index contributed by atoms with van der Waals surface area (Å²) in [6.45, 7) is 12.2. The van der Waals surface area contributed by atoms with E-state index < -0.39 is 0 Å². The Hall–Kier alpha value is -0.0800. The lowest BCUT2D eigenvalue weighted by Crippen LogP contribution is -2.24. The topological polar surface area (TPSA) is 18.5 Å². The zero-order valence-corrected chi connectivity index (χ0v) is 13.0. The van der Waals surface area contributed by atoms with E-state index in [4.69, 9.17) is 9.78 Å². The van der Waals surface area contributed by atoms with Gasteiger partial charge in [-0.1, -0.05) is 58.8 Å². The molecule has 1 radical (unpaired) electrons. The molecule has 0 saturated carbocycles. The normalized spacial score (nSPS) is 13.8. The van der Waals surface area contributed by atoms with E-state index >= 15 is 0 Å². The van der Waals surface area contributed by atoms with E-state index in [0.29, 0.717) is 0 Å². The molecule has 0 aliphatic rings. The molecule has 0 aromatic carbocycles. The molecule has 0 bridgehead atoms. The van der Waals surface area contributed by atoms with Crippen LogP contribution in [0.5, 0.6) is 0 Å². The number of unbranched alkanes of at least 4 members (excludes halogenated alkanes) is 5. The molecule has 18 heavy (non-hydrogen) atoms. The molecule has 0 aromatic rings. The van der Waals surface area contributed by atoms with E-state index in [2.05, 4.69) is 13.8 Å². The quantitative estimate of drug-likeness (QED) is 0.278. The van der Waals surface area contributed by atoms with Gasteiger partial charge in [-0.2, -0.15) is 0 Å². The fourth-order valence-corrected chi connectivity index (χ4v) is 1.83. The predicted octanol–water partition coefficient (Wildman–Crippen LogP) is 5.47. The molecule has 0 aromatic heterocycles. The summed E-state index contributed by atoms with van der Waals surface area (Å²) < 4.78 is 0. The molecule has 0 rings (SSSR count). The number of hydrogen-bond donors (Lipinski definition) is 0. The third-order valence-electron chi connectivity index (χ3n) is 2.84. The van der Waals surface area contributed by atoms with Gasteiger partial charge in [0.15, 0.2) is 0 Å². The van der Waals surface area contributed by atoms with Crippen molar-refractivity contribution in [2.75, 3.05) is 0 Å². The maximum Gasteiger partial charge on any atom is 0.0952 e. The Kier molecular flexibility index (Phi) is 10.8. The van der Waals surface area contributed by atoms with E-state index in [1.807, 2.05) is 20.8 Å². The summed E-state index contributed by atoms with van der Waals surface area (Å²) >= 11 is 0. The largest absolute Gasteiger partial charge is 0.233 e. The van der Waals surface area contributed by atoms with Gasteiger partial charge in [0.2, 0.25) is 0 Å².